The van der Waals surface area contributed by atoms with Gasteiger partial charge in [0.15, 0.2) is 0 Å². The minimum atomic E-state index is -0.547. The number of hydrogen-bond acceptors (Lipinski definition) is 6. The van der Waals surface area contributed by atoms with Gasteiger partial charge in [-0.25, -0.2) is 14.4 Å². The van der Waals surface area contributed by atoms with Crippen LogP contribution in [0.25, 0.3) is 20.9 Å². The van der Waals surface area contributed by atoms with Crippen molar-refractivity contribution < 1.29 is 13.9 Å². The summed E-state index contributed by atoms with van der Waals surface area (Å²) in [6.45, 7) is 7.58. The van der Waals surface area contributed by atoms with Crippen molar-refractivity contribution in [3.05, 3.63) is 83.3 Å². The van der Waals surface area contributed by atoms with Gasteiger partial charge in [-0.1, -0.05) is 47.7 Å². The zero-order valence-electron chi connectivity index (χ0n) is 21.0. The van der Waals surface area contributed by atoms with E-state index in [4.69, 9.17) is 9.72 Å². The minimum Gasteiger partial charge on any atom is -0.459 e. The van der Waals surface area contributed by atoms with Gasteiger partial charge in [0.1, 0.15) is 32.8 Å². The Labute approximate surface area is 214 Å². The first-order valence-corrected chi connectivity index (χ1v) is 13.0. The van der Waals surface area contributed by atoms with Crippen LogP contribution in [0, 0.1) is 5.82 Å². The van der Waals surface area contributed by atoms with Gasteiger partial charge in [0, 0.05) is 17.5 Å². The van der Waals surface area contributed by atoms with Crippen molar-refractivity contribution in [1.82, 2.24) is 15.3 Å². The first kappa shape index (κ1) is 24.5. The van der Waals surface area contributed by atoms with Gasteiger partial charge in [0.25, 0.3) is 0 Å². The standard InChI is InChI=1S/C29H30FN3O2S/c1-18(27(34)35-28(2,3)4)31-17-19-10-11-21(22(30)16-19)25-32-23-12-13-24(33-26(23)36-25)29(14-15-29)20-8-6-5-7-9-20/h5-13,16,18,31H,14-15,17H2,1-4H3/t18-/m0/s1. The second-order valence-corrected chi connectivity index (χ2v) is 11.4. The third kappa shape index (κ3) is 5.04. The lowest BCUT2D eigenvalue weighted by atomic mass is 9.92. The Morgan fingerprint density at radius 1 is 1.11 bits per heavy atom. The highest BCUT2D eigenvalue weighted by Gasteiger charge is 2.47. The van der Waals surface area contributed by atoms with Crippen LogP contribution in [0.2, 0.25) is 0 Å². The highest BCUT2D eigenvalue weighted by molar-refractivity contribution is 7.21. The van der Waals surface area contributed by atoms with Crippen molar-refractivity contribution in [2.24, 2.45) is 0 Å². The topological polar surface area (TPSA) is 64.1 Å². The van der Waals surface area contributed by atoms with Crippen molar-refractivity contribution in [1.29, 1.82) is 0 Å². The van der Waals surface area contributed by atoms with E-state index in [9.17, 15) is 4.79 Å². The van der Waals surface area contributed by atoms with E-state index in [0.717, 1.165) is 34.4 Å². The maximum atomic E-state index is 15.1. The highest BCUT2D eigenvalue weighted by atomic mass is 32.1. The lowest BCUT2D eigenvalue weighted by Crippen LogP contribution is -2.38. The predicted octanol–water partition coefficient (Wildman–Crippen LogP) is 6.40. The summed E-state index contributed by atoms with van der Waals surface area (Å²) in [6.07, 6.45) is 2.16. The van der Waals surface area contributed by atoms with Crippen molar-refractivity contribution in [3.8, 4) is 10.6 Å². The molecule has 0 saturated heterocycles. The molecule has 1 saturated carbocycles. The number of thiazole rings is 1. The molecule has 1 atom stereocenters. The summed E-state index contributed by atoms with van der Waals surface area (Å²) in [5, 5.41) is 3.71. The number of pyridine rings is 1. The molecule has 1 N–H and O–H groups in total. The molecule has 0 spiro atoms. The number of nitrogens with zero attached hydrogens (tertiary/aromatic N) is 2. The summed E-state index contributed by atoms with van der Waals surface area (Å²) in [6, 6.07) is 19.1. The molecule has 4 aromatic rings. The second kappa shape index (κ2) is 9.37. The van der Waals surface area contributed by atoms with Gasteiger partial charge >= 0.3 is 5.97 Å². The zero-order chi connectivity index (χ0) is 25.5. The van der Waals surface area contributed by atoms with Crippen molar-refractivity contribution in [2.45, 2.75) is 64.1 Å². The smallest absolute Gasteiger partial charge is 0.323 e. The molecule has 0 radical (unpaired) electrons. The molecule has 5 nitrogen and oxygen atoms in total. The molecule has 0 bridgehead atoms. The van der Waals surface area contributed by atoms with Crippen LogP contribution in [0.4, 0.5) is 4.39 Å². The lowest BCUT2D eigenvalue weighted by molar-refractivity contribution is -0.157. The Morgan fingerprint density at radius 3 is 2.53 bits per heavy atom. The first-order chi connectivity index (χ1) is 17.1. The Hall–Kier alpha value is -3.16. The number of benzene rings is 2. The maximum absolute atomic E-state index is 15.1. The molecule has 0 unspecified atom stereocenters. The Morgan fingerprint density at radius 2 is 1.86 bits per heavy atom. The van der Waals surface area contributed by atoms with E-state index in [1.54, 1.807) is 13.0 Å². The van der Waals surface area contributed by atoms with Gasteiger partial charge in [-0.15, -0.1) is 0 Å². The fraction of sp³-hybridized carbons (Fsp3) is 0.345. The number of carbonyl (C=O) groups excluding carboxylic acids is 1. The van der Waals surface area contributed by atoms with E-state index in [1.165, 1.54) is 23.0 Å². The monoisotopic (exact) mass is 503 g/mol. The molecule has 2 heterocycles. The molecule has 186 valence electrons. The minimum absolute atomic E-state index is 0.0179. The summed E-state index contributed by atoms with van der Waals surface area (Å²) in [7, 11) is 0. The van der Waals surface area contributed by atoms with Crippen molar-refractivity contribution in [2.75, 3.05) is 0 Å². The molecule has 0 amide bonds. The predicted molar refractivity (Wildman–Crippen MR) is 141 cm³/mol. The average molecular weight is 504 g/mol. The van der Waals surface area contributed by atoms with Crippen LogP contribution in [0.1, 0.15) is 57.4 Å². The third-order valence-corrected chi connectivity index (χ3v) is 7.46. The number of ether oxygens (including phenoxy) is 1. The number of carbonyl (C=O) groups is 1. The van der Waals surface area contributed by atoms with E-state index in [-0.39, 0.29) is 17.2 Å². The normalized spacial score (nSPS) is 15.6. The van der Waals surface area contributed by atoms with E-state index in [1.807, 2.05) is 39.0 Å². The number of nitrogens with one attached hydrogen (secondary N) is 1. The second-order valence-electron chi connectivity index (χ2n) is 10.4. The Balaban J connectivity index is 1.32. The largest absolute Gasteiger partial charge is 0.459 e. The molecule has 1 aliphatic rings. The number of rotatable bonds is 7. The summed E-state index contributed by atoms with van der Waals surface area (Å²) in [4.78, 5) is 22.6. The molecule has 2 aromatic heterocycles. The Bertz CT molecular complexity index is 1410. The molecular formula is C29H30FN3O2S. The number of esters is 1. The zero-order valence-corrected chi connectivity index (χ0v) is 21.8. The van der Waals surface area contributed by atoms with Crippen LogP contribution in [0.15, 0.2) is 60.7 Å². The van der Waals surface area contributed by atoms with Crippen LogP contribution in [-0.2, 0) is 21.5 Å². The average Bonchev–Trinajstić information content (AvgIpc) is 3.55. The summed E-state index contributed by atoms with van der Waals surface area (Å²) < 4.78 is 20.5. The van der Waals surface area contributed by atoms with Gasteiger partial charge in [-0.05, 0) is 75.9 Å². The van der Waals surface area contributed by atoms with Gasteiger partial charge in [0.05, 0.1) is 5.69 Å². The summed E-state index contributed by atoms with van der Waals surface area (Å²) >= 11 is 1.41. The van der Waals surface area contributed by atoms with Gasteiger partial charge in [0.2, 0.25) is 0 Å². The highest BCUT2D eigenvalue weighted by Crippen LogP contribution is 2.53. The number of halogens is 1. The van der Waals surface area contributed by atoms with Crippen LogP contribution in [0.3, 0.4) is 0 Å². The van der Waals surface area contributed by atoms with Crippen LogP contribution < -0.4 is 5.32 Å². The molecule has 1 fully saturated rings. The number of aromatic nitrogens is 2. The van der Waals surface area contributed by atoms with Crippen LogP contribution in [0.5, 0.6) is 0 Å². The van der Waals surface area contributed by atoms with Gasteiger partial charge in [-0.3, -0.25) is 4.79 Å². The third-order valence-electron chi connectivity index (χ3n) is 6.46. The number of fused-ring (bicyclic) bond motifs is 1. The van der Waals surface area contributed by atoms with E-state index in [2.05, 4.69) is 40.6 Å². The van der Waals surface area contributed by atoms with E-state index in [0.29, 0.717) is 17.1 Å². The molecule has 7 heteroatoms. The molecule has 1 aliphatic carbocycles. The van der Waals surface area contributed by atoms with Gasteiger partial charge < -0.3 is 10.1 Å². The SMILES string of the molecule is C[C@H](NCc1ccc(-c2nc3ccc(C4(c5ccccc5)CC4)nc3s2)c(F)c1)C(=O)OC(C)(C)C. The van der Waals surface area contributed by atoms with E-state index < -0.39 is 11.6 Å². The maximum Gasteiger partial charge on any atom is 0.323 e. The molecule has 0 aliphatic heterocycles. The van der Waals surface area contributed by atoms with Crippen LogP contribution in [-0.4, -0.2) is 27.6 Å². The fourth-order valence-corrected chi connectivity index (χ4v) is 5.33. The summed E-state index contributed by atoms with van der Waals surface area (Å²) in [5.74, 6) is -0.678. The molecule has 5 rings (SSSR count). The fourth-order valence-electron chi connectivity index (χ4n) is 4.36. The van der Waals surface area contributed by atoms with Crippen molar-refractivity contribution in [3.63, 3.8) is 0 Å². The molecule has 2 aromatic carbocycles. The van der Waals surface area contributed by atoms with Gasteiger partial charge in [-0.2, -0.15) is 0 Å². The first-order valence-electron chi connectivity index (χ1n) is 12.2. The Kier molecular flexibility index (Phi) is 6.39. The van der Waals surface area contributed by atoms with E-state index >= 15 is 4.39 Å². The van der Waals surface area contributed by atoms with Crippen LogP contribution >= 0.6 is 11.3 Å². The molecular weight excluding hydrogens is 473 g/mol. The quantitative estimate of drug-likeness (QED) is 0.296. The van der Waals surface area contributed by atoms with Crippen molar-refractivity contribution >= 4 is 27.7 Å². The number of hydrogen-bond donors (Lipinski definition) is 1. The summed E-state index contributed by atoms with van der Waals surface area (Å²) in [5.41, 5.74) is 3.75. The lowest BCUT2D eigenvalue weighted by Gasteiger charge is -2.22. The molecule has 36 heavy (non-hydrogen) atoms.